The molecule has 1 aromatic carbocycles. The molecular weight excluding hydrogens is 183 g/mol. The first-order valence-corrected chi connectivity index (χ1v) is 4.24. The Hall–Kier alpha value is -1.84. The fraction of sp³-hybridized carbons (Fsp3) is 0.100. The second-order valence-corrected chi connectivity index (χ2v) is 3.02. The molecule has 14 heavy (non-hydrogen) atoms. The average molecular weight is 192 g/mol. The zero-order chi connectivity index (χ0) is 9.97. The van der Waals surface area contributed by atoms with Crippen LogP contribution in [0.3, 0.4) is 0 Å². The van der Waals surface area contributed by atoms with Crippen LogP contribution in [0.25, 0.3) is 0 Å². The van der Waals surface area contributed by atoms with Crippen molar-refractivity contribution in [2.75, 3.05) is 0 Å². The van der Waals surface area contributed by atoms with Gasteiger partial charge in [-0.2, -0.15) is 0 Å². The fourth-order valence-corrected chi connectivity index (χ4v) is 1.31. The lowest BCUT2D eigenvalue weighted by atomic mass is 10.2. The van der Waals surface area contributed by atoms with E-state index in [0.29, 0.717) is 6.54 Å². The molecule has 0 saturated heterocycles. The number of hydrogen-bond acceptors (Lipinski definition) is 1. The predicted octanol–water partition coefficient (Wildman–Crippen LogP) is 1.36. The number of H-pyrrole nitrogens is 1. The molecule has 0 bridgehead atoms. The van der Waals surface area contributed by atoms with Crippen molar-refractivity contribution in [3.8, 4) is 0 Å². The van der Waals surface area contributed by atoms with E-state index in [1.165, 1.54) is 16.7 Å². The molecule has 72 valence electrons. The van der Waals surface area contributed by atoms with Gasteiger partial charge in [-0.1, -0.05) is 12.1 Å². The third-order valence-electron chi connectivity index (χ3n) is 1.96. The second kappa shape index (κ2) is 3.49. The number of aromatic amines is 1. The first-order chi connectivity index (χ1) is 6.75. The monoisotopic (exact) mass is 192 g/mol. The summed E-state index contributed by atoms with van der Waals surface area (Å²) in [5, 5.41) is 0. The minimum Gasteiger partial charge on any atom is -0.313 e. The Bertz CT molecular complexity index is 487. The van der Waals surface area contributed by atoms with E-state index >= 15 is 0 Å². The molecule has 4 heteroatoms. The number of imidazole rings is 1. The third kappa shape index (κ3) is 1.74. The van der Waals surface area contributed by atoms with Crippen molar-refractivity contribution in [3.63, 3.8) is 0 Å². The minimum atomic E-state index is -0.286. The van der Waals surface area contributed by atoms with Crippen molar-refractivity contribution in [2.24, 2.45) is 0 Å². The molecule has 1 aromatic heterocycles. The summed E-state index contributed by atoms with van der Waals surface area (Å²) < 4.78 is 14.3. The molecule has 2 rings (SSSR count). The van der Waals surface area contributed by atoms with E-state index < -0.39 is 0 Å². The van der Waals surface area contributed by atoms with Crippen LogP contribution in [-0.2, 0) is 6.54 Å². The number of nitrogens with one attached hydrogen (secondary N) is 1. The van der Waals surface area contributed by atoms with Crippen molar-refractivity contribution in [3.05, 3.63) is 58.5 Å². The molecule has 0 aliphatic heterocycles. The summed E-state index contributed by atoms with van der Waals surface area (Å²) in [7, 11) is 0. The number of nitrogens with zero attached hydrogens (tertiary/aromatic N) is 1. The molecule has 1 N–H and O–H groups in total. The number of benzene rings is 1. The van der Waals surface area contributed by atoms with Gasteiger partial charge in [-0.05, 0) is 17.7 Å². The largest absolute Gasteiger partial charge is 0.325 e. The highest BCUT2D eigenvalue weighted by atomic mass is 19.1. The Kier molecular flexibility index (Phi) is 2.18. The Balaban J connectivity index is 2.27. The maximum Gasteiger partial charge on any atom is 0.325 e. The van der Waals surface area contributed by atoms with Gasteiger partial charge in [0.25, 0.3) is 0 Å². The van der Waals surface area contributed by atoms with E-state index in [-0.39, 0.29) is 11.5 Å². The zero-order valence-electron chi connectivity index (χ0n) is 7.40. The lowest BCUT2D eigenvalue weighted by Crippen LogP contribution is -2.16. The van der Waals surface area contributed by atoms with Crippen molar-refractivity contribution >= 4 is 0 Å². The highest BCUT2D eigenvalue weighted by Gasteiger charge is 1.98. The molecule has 0 aliphatic rings. The molecule has 0 spiro atoms. The van der Waals surface area contributed by atoms with Gasteiger partial charge in [0.05, 0.1) is 6.54 Å². The number of hydrogen-bond donors (Lipinski definition) is 1. The van der Waals surface area contributed by atoms with E-state index in [0.717, 1.165) is 5.56 Å². The van der Waals surface area contributed by atoms with Gasteiger partial charge in [-0.3, -0.25) is 4.57 Å². The zero-order valence-corrected chi connectivity index (χ0v) is 7.40. The fourth-order valence-electron chi connectivity index (χ4n) is 1.31. The number of aromatic nitrogens is 2. The Labute approximate surface area is 79.8 Å². The van der Waals surface area contributed by atoms with Gasteiger partial charge in [-0.25, -0.2) is 9.18 Å². The van der Waals surface area contributed by atoms with Gasteiger partial charge in [0, 0.05) is 12.4 Å². The third-order valence-corrected chi connectivity index (χ3v) is 1.96. The van der Waals surface area contributed by atoms with Gasteiger partial charge in [-0.15, -0.1) is 0 Å². The molecule has 0 fully saturated rings. The summed E-state index contributed by atoms with van der Waals surface area (Å²) in [4.78, 5) is 13.6. The maximum atomic E-state index is 12.8. The van der Waals surface area contributed by atoms with Crippen LogP contribution < -0.4 is 5.69 Å². The van der Waals surface area contributed by atoms with Gasteiger partial charge < -0.3 is 4.98 Å². The lowest BCUT2D eigenvalue weighted by molar-refractivity contribution is 0.623. The summed E-state index contributed by atoms with van der Waals surface area (Å²) >= 11 is 0. The Morgan fingerprint density at radius 3 is 2.93 bits per heavy atom. The molecular formula is C10H9FN2O. The smallest absolute Gasteiger partial charge is 0.313 e. The summed E-state index contributed by atoms with van der Waals surface area (Å²) in [6.07, 6.45) is 3.19. The normalized spacial score (nSPS) is 10.4. The molecule has 3 nitrogen and oxygen atoms in total. The van der Waals surface area contributed by atoms with E-state index in [9.17, 15) is 9.18 Å². The number of halogens is 1. The molecule has 0 aliphatic carbocycles. The topological polar surface area (TPSA) is 37.8 Å². The lowest BCUT2D eigenvalue weighted by Gasteiger charge is -2.00. The highest BCUT2D eigenvalue weighted by molar-refractivity contribution is 5.16. The summed E-state index contributed by atoms with van der Waals surface area (Å²) in [6, 6.07) is 6.20. The quantitative estimate of drug-likeness (QED) is 0.766. The molecule has 0 radical (unpaired) electrons. The maximum absolute atomic E-state index is 12.8. The van der Waals surface area contributed by atoms with E-state index in [4.69, 9.17) is 0 Å². The van der Waals surface area contributed by atoms with Crippen LogP contribution in [0.2, 0.25) is 0 Å². The Morgan fingerprint density at radius 2 is 2.29 bits per heavy atom. The van der Waals surface area contributed by atoms with Crippen LogP contribution in [0.4, 0.5) is 4.39 Å². The van der Waals surface area contributed by atoms with Crippen LogP contribution in [0.15, 0.2) is 41.5 Å². The summed E-state index contributed by atoms with van der Waals surface area (Å²) in [5.74, 6) is -0.286. The SMILES string of the molecule is O=c1[nH]ccn1Cc1cccc(F)c1. The van der Waals surface area contributed by atoms with Gasteiger partial charge in [0.2, 0.25) is 0 Å². The van der Waals surface area contributed by atoms with Crippen LogP contribution in [0.5, 0.6) is 0 Å². The van der Waals surface area contributed by atoms with Crippen molar-refractivity contribution in [1.29, 1.82) is 0 Å². The van der Waals surface area contributed by atoms with Gasteiger partial charge >= 0.3 is 5.69 Å². The molecule has 1 heterocycles. The summed E-state index contributed by atoms with van der Waals surface area (Å²) in [6.45, 7) is 0.389. The van der Waals surface area contributed by atoms with Crippen molar-refractivity contribution < 1.29 is 4.39 Å². The van der Waals surface area contributed by atoms with Crippen LogP contribution in [-0.4, -0.2) is 9.55 Å². The first-order valence-electron chi connectivity index (χ1n) is 4.24. The van der Waals surface area contributed by atoms with E-state index in [1.807, 2.05) is 0 Å². The second-order valence-electron chi connectivity index (χ2n) is 3.02. The van der Waals surface area contributed by atoms with Crippen LogP contribution in [0, 0.1) is 5.82 Å². The molecule has 0 amide bonds. The predicted molar refractivity (Wildman–Crippen MR) is 50.6 cm³/mol. The van der Waals surface area contributed by atoms with Crippen molar-refractivity contribution in [2.45, 2.75) is 6.54 Å². The first kappa shape index (κ1) is 8.74. The molecule has 0 saturated carbocycles. The van der Waals surface area contributed by atoms with Gasteiger partial charge in [0.1, 0.15) is 5.82 Å². The summed E-state index contributed by atoms with van der Waals surface area (Å²) in [5.41, 5.74) is 0.584. The average Bonchev–Trinajstić information content (AvgIpc) is 2.52. The van der Waals surface area contributed by atoms with Crippen molar-refractivity contribution in [1.82, 2.24) is 9.55 Å². The minimum absolute atomic E-state index is 0.186. The van der Waals surface area contributed by atoms with Crippen LogP contribution >= 0.6 is 0 Å². The Morgan fingerprint density at radius 1 is 1.43 bits per heavy atom. The van der Waals surface area contributed by atoms with Gasteiger partial charge in [0.15, 0.2) is 0 Å². The molecule has 2 aromatic rings. The highest BCUT2D eigenvalue weighted by Crippen LogP contribution is 2.04. The van der Waals surface area contributed by atoms with Crippen LogP contribution in [0.1, 0.15) is 5.56 Å². The molecule has 0 atom stereocenters. The van der Waals surface area contributed by atoms with E-state index in [1.54, 1.807) is 24.5 Å². The molecule has 0 unspecified atom stereocenters. The number of rotatable bonds is 2. The standard InChI is InChI=1S/C10H9FN2O/c11-9-3-1-2-8(6-9)7-13-5-4-12-10(13)14/h1-6H,7H2,(H,12,14). The van der Waals surface area contributed by atoms with E-state index in [2.05, 4.69) is 4.98 Å².